The maximum absolute atomic E-state index is 12.8. The zero-order valence-electron chi connectivity index (χ0n) is 17.1. The first-order valence-electron chi connectivity index (χ1n) is 11.1. The molecule has 27 heavy (non-hydrogen) atoms. The fourth-order valence-corrected chi connectivity index (χ4v) is 8.19. The van der Waals surface area contributed by atoms with Crippen molar-refractivity contribution in [2.75, 3.05) is 0 Å². The van der Waals surface area contributed by atoms with Crippen LogP contribution in [0.5, 0.6) is 0 Å². The highest BCUT2D eigenvalue weighted by molar-refractivity contribution is 5.89. The van der Waals surface area contributed by atoms with Gasteiger partial charge in [-0.15, -0.1) is 0 Å². The van der Waals surface area contributed by atoms with E-state index in [1.54, 1.807) is 6.92 Å². The topological polar surface area (TPSA) is 60.4 Å². The molecule has 4 aliphatic carbocycles. The van der Waals surface area contributed by atoms with Gasteiger partial charge in [0.05, 0.1) is 0 Å². The summed E-state index contributed by atoms with van der Waals surface area (Å²) in [6.45, 7) is 5.25. The molecule has 0 heterocycles. The molecule has 0 saturated heterocycles. The third kappa shape index (κ3) is 2.65. The molecule has 4 aliphatic rings. The van der Waals surface area contributed by atoms with Gasteiger partial charge in [-0.25, -0.2) is 0 Å². The number of fused-ring (bicyclic) bond motifs is 5. The quantitative estimate of drug-likeness (QED) is 0.683. The second kappa shape index (κ2) is 6.70. The van der Waals surface area contributed by atoms with Gasteiger partial charge in [0.1, 0.15) is 5.78 Å². The largest absolute Gasteiger partial charge is 0.451 e. The van der Waals surface area contributed by atoms with Crippen LogP contribution in [0.1, 0.15) is 85.0 Å². The average Bonchev–Trinajstić information content (AvgIpc) is 2.96. The number of Topliss-reactive ketones (excluding diaryl/α,β-unsaturated/α-hetero) is 2. The number of carbonyl (C=O) groups excluding carboxylic acids is 3. The first kappa shape index (κ1) is 19.1. The molecule has 0 bridgehead atoms. The van der Waals surface area contributed by atoms with Gasteiger partial charge in [-0.05, 0) is 87.9 Å². The molecule has 4 nitrogen and oxygen atoms in total. The van der Waals surface area contributed by atoms with Crippen LogP contribution in [0.15, 0.2) is 0 Å². The highest BCUT2D eigenvalue weighted by atomic mass is 16.6. The van der Waals surface area contributed by atoms with Crippen molar-refractivity contribution < 1.29 is 19.1 Å². The Morgan fingerprint density at radius 1 is 1.00 bits per heavy atom. The summed E-state index contributed by atoms with van der Waals surface area (Å²) in [5, 5.41) is 0. The minimum absolute atomic E-state index is 0.0393. The van der Waals surface area contributed by atoms with E-state index in [9.17, 15) is 14.4 Å². The van der Waals surface area contributed by atoms with Crippen molar-refractivity contribution in [1.82, 2.24) is 0 Å². The number of rotatable bonds is 3. The first-order chi connectivity index (χ1) is 12.8. The van der Waals surface area contributed by atoms with Crippen molar-refractivity contribution in [3.8, 4) is 0 Å². The van der Waals surface area contributed by atoms with Crippen molar-refractivity contribution in [2.45, 2.75) is 90.6 Å². The van der Waals surface area contributed by atoms with E-state index in [2.05, 4.69) is 6.92 Å². The lowest BCUT2D eigenvalue weighted by Gasteiger charge is -2.58. The molecule has 7 atom stereocenters. The Morgan fingerprint density at radius 2 is 1.78 bits per heavy atom. The Hall–Kier alpha value is -1.19. The molecule has 0 aromatic rings. The molecule has 4 heteroatoms. The van der Waals surface area contributed by atoms with E-state index in [-0.39, 0.29) is 17.2 Å². The van der Waals surface area contributed by atoms with Gasteiger partial charge in [0, 0.05) is 25.2 Å². The molecular weight excluding hydrogens is 340 g/mol. The summed E-state index contributed by atoms with van der Waals surface area (Å²) in [7, 11) is 0. The van der Waals surface area contributed by atoms with E-state index in [0.717, 1.165) is 51.4 Å². The minimum Gasteiger partial charge on any atom is -0.451 e. The predicted octanol–water partition coefficient (Wildman–Crippen LogP) is 4.49. The fraction of sp³-hybridized carbons (Fsp3) is 0.870. The molecule has 4 rings (SSSR count). The van der Waals surface area contributed by atoms with Gasteiger partial charge in [0.25, 0.3) is 0 Å². The lowest BCUT2D eigenvalue weighted by molar-refractivity contribution is -0.191. The van der Waals surface area contributed by atoms with Crippen LogP contribution >= 0.6 is 0 Å². The highest BCUT2D eigenvalue weighted by Crippen LogP contribution is 2.67. The van der Waals surface area contributed by atoms with Gasteiger partial charge in [0.2, 0.25) is 0 Å². The monoisotopic (exact) mass is 374 g/mol. The third-order valence-corrected chi connectivity index (χ3v) is 9.10. The molecular formula is C23H34O4. The molecule has 0 spiro atoms. The molecule has 0 N–H and O–H groups in total. The summed E-state index contributed by atoms with van der Waals surface area (Å²) in [4.78, 5) is 36.7. The lowest BCUT2D eigenvalue weighted by atomic mass is 9.48. The fourth-order valence-electron chi connectivity index (χ4n) is 8.19. The summed E-state index contributed by atoms with van der Waals surface area (Å²) < 4.78 is 5.89. The number of hydrogen-bond donors (Lipinski definition) is 0. The molecule has 0 aliphatic heterocycles. The molecule has 0 unspecified atom stereocenters. The second-order valence-electron chi connectivity index (χ2n) is 9.78. The van der Waals surface area contributed by atoms with E-state index in [1.807, 2.05) is 0 Å². The van der Waals surface area contributed by atoms with E-state index in [4.69, 9.17) is 4.74 Å². The zero-order valence-corrected chi connectivity index (χ0v) is 17.1. The molecule has 4 saturated carbocycles. The molecule has 0 radical (unpaired) electrons. The first-order valence-corrected chi connectivity index (χ1v) is 11.1. The van der Waals surface area contributed by atoms with Crippen LogP contribution in [0, 0.1) is 35.0 Å². The maximum atomic E-state index is 12.8. The minimum atomic E-state index is -0.914. The SMILES string of the molecule is CC[C@]12CC[C@H]3[C@@H](CC[C@H]4CC(=O)CC[C@@H]43)[C@@H]1CC[C@@]2(OC(C)=O)C(C)=O. The van der Waals surface area contributed by atoms with Crippen LogP contribution in [0.3, 0.4) is 0 Å². The van der Waals surface area contributed by atoms with Crippen LogP contribution in [-0.4, -0.2) is 23.1 Å². The number of ether oxygens (including phenoxy) is 1. The summed E-state index contributed by atoms with van der Waals surface area (Å²) in [5.41, 5.74) is -1.11. The second-order valence-corrected chi connectivity index (χ2v) is 9.78. The van der Waals surface area contributed by atoms with Gasteiger partial charge in [-0.2, -0.15) is 0 Å². The van der Waals surface area contributed by atoms with Gasteiger partial charge in [-0.3, -0.25) is 14.4 Å². The normalized spacial score (nSPS) is 46.2. The smallest absolute Gasteiger partial charge is 0.303 e. The number of hydrogen-bond acceptors (Lipinski definition) is 4. The van der Waals surface area contributed by atoms with Gasteiger partial charge in [-0.1, -0.05) is 6.92 Å². The number of carbonyl (C=O) groups is 3. The van der Waals surface area contributed by atoms with Crippen molar-refractivity contribution >= 4 is 17.5 Å². The molecule has 4 fully saturated rings. The third-order valence-electron chi connectivity index (χ3n) is 9.10. The van der Waals surface area contributed by atoms with Crippen LogP contribution in [-0.2, 0) is 19.1 Å². The zero-order chi connectivity index (χ0) is 19.4. The summed E-state index contributed by atoms with van der Waals surface area (Å²) in [6, 6.07) is 0. The lowest BCUT2D eigenvalue weighted by Crippen LogP contribution is -2.59. The molecule has 0 aromatic carbocycles. The summed E-state index contributed by atoms with van der Waals surface area (Å²) in [6.07, 6.45) is 9.67. The van der Waals surface area contributed by atoms with Gasteiger partial charge >= 0.3 is 5.97 Å². The van der Waals surface area contributed by atoms with Crippen molar-refractivity contribution in [3.63, 3.8) is 0 Å². The molecule has 0 aromatic heterocycles. The summed E-state index contributed by atoms with van der Waals surface area (Å²) >= 11 is 0. The van der Waals surface area contributed by atoms with Crippen molar-refractivity contribution in [2.24, 2.45) is 35.0 Å². The van der Waals surface area contributed by atoms with Crippen LogP contribution in [0.4, 0.5) is 0 Å². The number of ketones is 2. The van der Waals surface area contributed by atoms with E-state index >= 15 is 0 Å². The van der Waals surface area contributed by atoms with Crippen LogP contribution in [0.25, 0.3) is 0 Å². The highest BCUT2D eigenvalue weighted by Gasteiger charge is 2.68. The Balaban J connectivity index is 1.66. The average molecular weight is 375 g/mol. The Morgan fingerprint density at radius 3 is 2.44 bits per heavy atom. The van der Waals surface area contributed by atoms with E-state index < -0.39 is 5.60 Å². The number of esters is 1. The van der Waals surface area contributed by atoms with Crippen molar-refractivity contribution in [3.05, 3.63) is 0 Å². The standard InChI is InChI=1S/C23H34O4/c1-4-22-11-9-19-18-8-6-17(26)13-16(18)5-7-20(19)21(22)10-12-23(22,14(2)24)27-15(3)25/h16,18-21H,4-13H2,1-3H3/t16-,18-,19+,20+,21-,22-,23+/m0/s1. The summed E-state index contributed by atoms with van der Waals surface area (Å²) in [5.74, 6) is 3.26. The van der Waals surface area contributed by atoms with E-state index in [0.29, 0.717) is 41.8 Å². The predicted molar refractivity (Wildman–Crippen MR) is 102 cm³/mol. The van der Waals surface area contributed by atoms with Crippen LogP contribution in [0.2, 0.25) is 0 Å². The van der Waals surface area contributed by atoms with Gasteiger partial charge in [0.15, 0.2) is 11.4 Å². The van der Waals surface area contributed by atoms with E-state index in [1.165, 1.54) is 13.3 Å². The maximum Gasteiger partial charge on any atom is 0.303 e. The van der Waals surface area contributed by atoms with Crippen LogP contribution < -0.4 is 0 Å². The van der Waals surface area contributed by atoms with Gasteiger partial charge < -0.3 is 4.74 Å². The Kier molecular flexibility index (Phi) is 4.75. The Labute approximate surface area is 162 Å². The van der Waals surface area contributed by atoms with Crippen molar-refractivity contribution in [1.29, 1.82) is 0 Å². The molecule has 0 amide bonds. The molecule has 150 valence electrons. The Bertz CT molecular complexity index is 655.